The zero-order valence-electron chi connectivity index (χ0n) is 17.0. The predicted octanol–water partition coefficient (Wildman–Crippen LogP) is 4.15. The minimum atomic E-state index is -0.317. The fourth-order valence-electron chi connectivity index (χ4n) is 5.39. The summed E-state index contributed by atoms with van der Waals surface area (Å²) in [6.07, 6.45) is 23.8. The van der Waals surface area contributed by atoms with E-state index in [2.05, 4.69) is 53.0 Å². The van der Waals surface area contributed by atoms with Crippen molar-refractivity contribution in [3.8, 4) is 6.19 Å². The molecule has 2 aliphatic carbocycles. The van der Waals surface area contributed by atoms with Gasteiger partial charge in [-0.3, -0.25) is 10.3 Å². The maximum atomic E-state index is 9.56. The molecule has 3 atom stereocenters. The summed E-state index contributed by atoms with van der Waals surface area (Å²) in [5.74, 6) is 0.947. The van der Waals surface area contributed by atoms with Crippen molar-refractivity contribution in [2.75, 3.05) is 6.54 Å². The number of allylic oxidation sites excluding steroid dienone is 2. The third kappa shape index (κ3) is 3.55. The Kier molecular flexibility index (Phi) is 5.96. The van der Waals surface area contributed by atoms with Crippen LogP contribution in [0.2, 0.25) is 0 Å². The molecule has 28 heavy (non-hydrogen) atoms. The summed E-state index contributed by atoms with van der Waals surface area (Å²) >= 11 is 0. The number of hydrogen-bond acceptors (Lipinski definition) is 4. The number of nitrogens with one attached hydrogen (secondary N) is 1. The van der Waals surface area contributed by atoms with Gasteiger partial charge in [0.05, 0.1) is 17.2 Å². The normalized spacial score (nSPS) is 35.2. The fraction of sp³-hybridized carbons (Fsp3) is 0.652. The van der Waals surface area contributed by atoms with Gasteiger partial charge in [-0.1, -0.05) is 57.3 Å². The number of aliphatic imine (C=N–C) groups is 2. The molecular weight excluding hydrogens is 346 g/mol. The lowest BCUT2D eigenvalue weighted by molar-refractivity contribution is 0.188. The van der Waals surface area contributed by atoms with E-state index in [4.69, 9.17) is 4.99 Å². The maximum Gasteiger partial charge on any atom is 0.207 e. The van der Waals surface area contributed by atoms with E-state index in [1.807, 2.05) is 6.08 Å². The van der Waals surface area contributed by atoms with Crippen LogP contribution in [0.5, 0.6) is 0 Å². The van der Waals surface area contributed by atoms with Gasteiger partial charge in [0, 0.05) is 12.6 Å². The zero-order chi connectivity index (χ0) is 19.4. The van der Waals surface area contributed by atoms with Crippen LogP contribution in [-0.4, -0.2) is 41.2 Å². The number of rotatable bonds is 3. The van der Waals surface area contributed by atoms with Gasteiger partial charge < -0.3 is 4.90 Å². The van der Waals surface area contributed by atoms with Crippen LogP contribution in [0.3, 0.4) is 0 Å². The molecular formula is C23H32N5. The van der Waals surface area contributed by atoms with E-state index in [0.717, 1.165) is 30.9 Å². The Bertz CT molecular complexity index is 720. The molecule has 2 fully saturated rings. The molecule has 0 spiro atoms. The Hall–Kier alpha value is -1.93. The summed E-state index contributed by atoms with van der Waals surface area (Å²) < 4.78 is 0. The van der Waals surface area contributed by atoms with Crippen LogP contribution in [-0.2, 0) is 0 Å². The molecule has 1 N–H and O–H groups in total. The standard InChI is InChI=1S/C23H32N5/c1-2-23(21-26-19-13-8-9-14-20(19)27-21)15-10-16-28(22(23)25-17-24)18-11-6-4-3-5-7-12-18/h8-9,13-15,18-19,21,26H,2-7,10-12,16H2,1H3. The molecule has 1 radical (unpaired) electrons. The summed E-state index contributed by atoms with van der Waals surface area (Å²) in [4.78, 5) is 12.0. The van der Waals surface area contributed by atoms with Crippen LogP contribution in [0, 0.1) is 23.3 Å². The Balaban J connectivity index is 1.65. The third-order valence-corrected chi connectivity index (χ3v) is 6.93. The number of likely N-dealkylation sites (tertiary alicyclic amines) is 1. The van der Waals surface area contributed by atoms with Gasteiger partial charge in [-0.25, -0.2) is 0 Å². The fourth-order valence-corrected chi connectivity index (χ4v) is 5.39. The lowest BCUT2D eigenvalue weighted by Gasteiger charge is -2.49. The Morgan fingerprint density at radius 3 is 2.75 bits per heavy atom. The van der Waals surface area contributed by atoms with Crippen molar-refractivity contribution in [2.24, 2.45) is 15.4 Å². The van der Waals surface area contributed by atoms with Gasteiger partial charge in [0.25, 0.3) is 0 Å². The van der Waals surface area contributed by atoms with Crippen molar-refractivity contribution >= 4 is 11.5 Å². The second-order valence-electron chi connectivity index (χ2n) is 8.46. The molecule has 4 aliphatic rings. The van der Waals surface area contributed by atoms with Gasteiger partial charge in [-0.2, -0.15) is 10.3 Å². The molecule has 0 aromatic heterocycles. The van der Waals surface area contributed by atoms with Crippen molar-refractivity contribution < 1.29 is 0 Å². The lowest BCUT2D eigenvalue weighted by Crippen LogP contribution is -2.59. The molecule has 5 nitrogen and oxygen atoms in total. The molecule has 3 unspecified atom stereocenters. The first-order chi connectivity index (χ1) is 13.8. The Labute approximate surface area is 169 Å². The minimum absolute atomic E-state index is 0.0617. The van der Waals surface area contributed by atoms with Gasteiger partial charge in [0.15, 0.2) is 0 Å². The average molecular weight is 379 g/mol. The number of fused-ring (bicyclic) bond motifs is 1. The van der Waals surface area contributed by atoms with E-state index in [1.165, 1.54) is 44.9 Å². The minimum Gasteiger partial charge on any atom is -0.356 e. The maximum absolute atomic E-state index is 9.56. The molecule has 0 aromatic rings. The van der Waals surface area contributed by atoms with Crippen molar-refractivity contribution in [3.63, 3.8) is 0 Å². The van der Waals surface area contributed by atoms with E-state index in [1.54, 1.807) is 0 Å². The average Bonchev–Trinajstić information content (AvgIpc) is 3.13. The van der Waals surface area contributed by atoms with E-state index in [-0.39, 0.29) is 17.6 Å². The first kappa shape index (κ1) is 19.4. The molecule has 2 heterocycles. The first-order valence-corrected chi connectivity index (χ1v) is 11.1. The SMILES string of the molecule is CCC1(C2N=C3C=CC=CC3N2)[CH]CCN(C2CCCCCCC2)C1=NC#N. The molecule has 149 valence electrons. The summed E-state index contributed by atoms with van der Waals surface area (Å²) in [7, 11) is 0. The van der Waals surface area contributed by atoms with Gasteiger partial charge in [0.2, 0.25) is 6.19 Å². The van der Waals surface area contributed by atoms with E-state index < -0.39 is 0 Å². The molecule has 2 aliphatic heterocycles. The van der Waals surface area contributed by atoms with E-state index in [0.29, 0.717) is 6.04 Å². The topological polar surface area (TPSA) is 63.8 Å². The van der Waals surface area contributed by atoms with Crippen LogP contribution in [0.4, 0.5) is 0 Å². The van der Waals surface area contributed by atoms with Crippen LogP contribution in [0.25, 0.3) is 0 Å². The highest BCUT2D eigenvalue weighted by Gasteiger charge is 2.50. The summed E-state index contributed by atoms with van der Waals surface area (Å²) in [6, 6.07) is 0.676. The van der Waals surface area contributed by atoms with Crippen LogP contribution < -0.4 is 5.32 Å². The molecule has 4 rings (SSSR count). The van der Waals surface area contributed by atoms with Crippen molar-refractivity contribution in [3.05, 3.63) is 30.7 Å². The highest BCUT2D eigenvalue weighted by atomic mass is 15.3. The molecule has 1 saturated heterocycles. The van der Waals surface area contributed by atoms with E-state index in [9.17, 15) is 5.26 Å². The second kappa shape index (κ2) is 8.61. The Morgan fingerprint density at radius 2 is 2.04 bits per heavy atom. The molecule has 5 heteroatoms. The number of amidine groups is 1. The molecule has 0 amide bonds. The van der Waals surface area contributed by atoms with Crippen LogP contribution >= 0.6 is 0 Å². The second-order valence-corrected chi connectivity index (χ2v) is 8.46. The van der Waals surface area contributed by atoms with Gasteiger partial charge in [-0.05, 0) is 38.2 Å². The number of piperidine rings is 1. The largest absolute Gasteiger partial charge is 0.356 e. The highest BCUT2D eigenvalue weighted by Crippen LogP contribution is 2.42. The molecule has 0 aromatic carbocycles. The van der Waals surface area contributed by atoms with Crippen molar-refractivity contribution in [1.82, 2.24) is 10.2 Å². The quantitative estimate of drug-likeness (QED) is 0.750. The highest BCUT2D eigenvalue weighted by molar-refractivity contribution is 6.04. The summed E-state index contributed by atoms with van der Waals surface area (Å²) in [6.45, 7) is 3.18. The number of nitrogens with zero attached hydrogens (tertiary/aromatic N) is 4. The first-order valence-electron chi connectivity index (χ1n) is 11.1. The molecule has 1 saturated carbocycles. The smallest absolute Gasteiger partial charge is 0.207 e. The summed E-state index contributed by atoms with van der Waals surface area (Å²) in [5.41, 5.74) is 0.774. The number of nitriles is 1. The lowest BCUT2D eigenvalue weighted by atomic mass is 9.72. The predicted molar refractivity (Wildman–Crippen MR) is 114 cm³/mol. The third-order valence-electron chi connectivity index (χ3n) is 6.93. The zero-order valence-corrected chi connectivity index (χ0v) is 17.0. The van der Waals surface area contributed by atoms with Gasteiger partial charge >= 0.3 is 0 Å². The van der Waals surface area contributed by atoms with Crippen LogP contribution in [0.15, 0.2) is 34.3 Å². The van der Waals surface area contributed by atoms with Gasteiger partial charge in [-0.15, -0.1) is 0 Å². The van der Waals surface area contributed by atoms with Crippen molar-refractivity contribution in [2.45, 2.75) is 83.0 Å². The van der Waals surface area contributed by atoms with Crippen LogP contribution in [0.1, 0.15) is 64.7 Å². The van der Waals surface area contributed by atoms with Gasteiger partial charge in [0.1, 0.15) is 12.0 Å². The van der Waals surface area contributed by atoms with E-state index >= 15 is 0 Å². The Morgan fingerprint density at radius 1 is 1.25 bits per heavy atom. The number of hydrogen-bond donors (Lipinski definition) is 1. The van der Waals surface area contributed by atoms with Crippen molar-refractivity contribution in [1.29, 1.82) is 5.26 Å². The summed E-state index contributed by atoms with van der Waals surface area (Å²) in [5, 5.41) is 13.3. The monoisotopic (exact) mass is 378 g/mol. The molecule has 0 bridgehead atoms.